The molecule has 0 aliphatic rings. The van der Waals surface area contributed by atoms with Crippen LogP contribution in [0.4, 0.5) is 17.3 Å². The molecular formula is C18H12ClN3O4. The number of aliphatic imine (C=N–C) groups is 1. The molecule has 0 saturated heterocycles. The number of rotatable bonds is 5. The number of anilines is 1. The van der Waals surface area contributed by atoms with Crippen LogP contribution in [0.25, 0.3) is 0 Å². The van der Waals surface area contributed by atoms with Gasteiger partial charge in [0.05, 0.1) is 18.0 Å². The first-order valence-electron chi connectivity index (χ1n) is 7.46. The summed E-state index contributed by atoms with van der Waals surface area (Å²) in [7, 11) is 0. The summed E-state index contributed by atoms with van der Waals surface area (Å²) >= 11 is 5.89. The minimum atomic E-state index is -0.622. The van der Waals surface area contributed by atoms with Crippen LogP contribution in [-0.4, -0.2) is 17.0 Å². The van der Waals surface area contributed by atoms with Crippen molar-refractivity contribution in [3.8, 4) is 0 Å². The zero-order valence-corrected chi connectivity index (χ0v) is 14.0. The van der Waals surface area contributed by atoms with Crippen LogP contribution in [0, 0.1) is 10.1 Å². The van der Waals surface area contributed by atoms with E-state index in [1.807, 2.05) is 0 Å². The Kier molecular flexibility index (Phi) is 5.09. The Balaban J connectivity index is 1.72. The number of nitrogens with zero attached hydrogens (tertiary/aromatic N) is 2. The van der Waals surface area contributed by atoms with Crippen molar-refractivity contribution in [1.82, 2.24) is 0 Å². The van der Waals surface area contributed by atoms with Crippen LogP contribution >= 0.6 is 11.6 Å². The van der Waals surface area contributed by atoms with Gasteiger partial charge in [0, 0.05) is 16.3 Å². The Morgan fingerprint density at radius 2 is 1.96 bits per heavy atom. The second-order valence-electron chi connectivity index (χ2n) is 5.21. The summed E-state index contributed by atoms with van der Waals surface area (Å²) in [5, 5.41) is 13.8. The van der Waals surface area contributed by atoms with Crippen molar-refractivity contribution in [3.05, 3.63) is 87.1 Å². The number of furan rings is 1. The van der Waals surface area contributed by atoms with Crippen LogP contribution in [-0.2, 0) is 0 Å². The van der Waals surface area contributed by atoms with Crippen LogP contribution in [0.1, 0.15) is 16.1 Å². The van der Waals surface area contributed by atoms with Crippen molar-refractivity contribution in [1.29, 1.82) is 0 Å². The summed E-state index contributed by atoms with van der Waals surface area (Å²) < 4.78 is 5.00. The molecule has 0 radical (unpaired) electrons. The molecular weight excluding hydrogens is 358 g/mol. The van der Waals surface area contributed by atoms with Crippen LogP contribution in [0.3, 0.4) is 0 Å². The molecule has 0 bridgehead atoms. The molecule has 0 atom stereocenters. The maximum atomic E-state index is 12.2. The molecule has 1 amide bonds. The molecule has 0 saturated carbocycles. The van der Waals surface area contributed by atoms with Gasteiger partial charge in [-0.2, -0.15) is 0 Å². The number of amides is 1. The summed E-state index contributed by atoms with van der Waals surface area (Å²) in [6.45, 7) is 0. The fraction of sp³-hybridized carbons (Fsp3) is 0. The van der Waals surface area contributed by atoms with Gasteiger partial charge in [0.1, 0.15) is 4.92 Å². The Hall–Kier alpha value is -3.45. The highest BCUT2D eigenvalue weighted by Crippen LogP contribution is 2.20. The predicted octanol–water partition coefficient (Wildman–Crippen LogP) is 4.84. The van der Waals surface area contributed by atoms with Crippen LogP contribution in [0.15, 0.2) is 70.1 Å². The fourth-order valence-corrected chi connectivity index (χ4v) is 2.34. The highest BCUT2D eigenvalue weighted by Gasteiger charge is 2.10. The molecule has 8 heteroatoms. The molecule has 0 aliphatic carbocycles. The first kappa shape index (κ1) is 17.4. The lowest BCUT2D eigenvalue weighted by atomic mass is 10.2. The highest BCUT2D eigenvalue weighted by molar-refractivity contribution is 6.31. The van der Waals surface area contributed by atoms with Gasteiger partial charge in [0.15, 0.2) is 5.76 Å². The SMILES string of the molecule is O=C(Nc1cccc(N=Cc2ccc([N+](=O)[O-])o2)c1)c1cccc(Cl)c1. The molecule has 130 valence electrons. The summed E-state index contributed by atoms with van der Waals surface area (Å²) in [5.41, 5.74) is 1.54. The quantitative estimate of drug-likeness (QED) is 0.395. The number of halogens is 1. The first-order valence-corrected chi connectivity index (χ1v) is 7.84. The third kappa shape index (κ3) is 4.34. The van der Waals surface area contributed by atoms with E-state index in [4.69, 9.17) is 16.0 Å². The maximum Gasteiger partial charge on any atom is 0.433 e. The van der Waals surface area contributed by atoms with Gasteiger partial charge in [0.2, 0.25) is 0 Å². The van der Waals surface area contributed by atoms with E-state index in [0.29, 0.717) is 22.0 Å². The molecule has 0 spiro atoms. The molecule has 3 aromatic rings. The molecule has 0 fully saturated rings. The van der Waals surface area contributed by atoms with Gasteiger partial charge in [-0.05, 0) is 42.5 Å². The normalized spacial score (nSPS) is 10.8. The Morgan fingerprint density at radius 3 is 2.69 bits per heavy atom. The minimum Gasteiger partial charge on any atom is -0.400 e. The Morgan fingerprint density at radius 1 is 1.15 bits per heavy atom. The van der Waals surface area contributed by atoms with E-state index >= 15 is 0 Å². The van der Waals surface area contributed by atoms with Gasteiger partial charge in [-0.1, -0.05) is 23.7 Å². The van der Waals surface area contributed by atoms with E-state index in [0.717, 1.165) is 0 Å². The van der Waals surface area contributed by atoms with Gasteiger partial charge >= 0.3 is 5.88 Å². The van der Waals surface area contributed by atoms with Gasteiger partial charge in [-0.3, -0.25) is 19.9 Å². The Labute approximate surface area is 153 Å². The molecule has 3 rings (SSSR count). The molecule has 2 aromatic carbocycles. The van der Waals surface area contributed by atoms with Crippen molar-refractivity contribution >= 4 is 41.0 Å². The number of carbonyl (C=O) groups excluding carboxylic acids is 1. The van der Waals surface area contributed by atoms with Gasteiger partial charge in [0.25, 0.3) is 5.91 Å². The number of hydrogen-bond donors (Lipinski definition) is 1. The Bertz CT molecular complexity index is 997. The molecule has 1 heterocycles. The third-order valence-electron chi connectivity index (χ3n) is 3.32. The molecule has 7 nitrogen and oxygen atoms in total. The van der Waals surface area contributed by atoms with Gasteiger partial charge < -0.3 is 9.73 Å². The van der Waals surface area contributed by atoms with Crippen molar-refractivity contribution in [2.75, 3.05) is 5.32 Å². The smallest absolute Gasteiger partial charge is 0.400 e. The average Bonchev–Trinajstić information content (AvgIpc) is 3.10. The largest absolute Gasteiger partial charge is 0.433 e. The summed E-state index contributed by atoms with van der Waals surface area (Å²) in [4.78, 5) is 26.4. The van der Waals surface area contributed by atoms with E-state index in [1.165, 1.54) is 18.3 Å². The van der Waals surface area contributed by atoms with E-state index in [-0.39, 0.29) is 17.6 Å². The average molecular weight is 370 g/mol. The van der Waals surface area contributed by atoms with Crippen LogP contribution in [0.5, 0.6) is 0 Å². The molecule has 0 unspecified atom stereocenters. The second kappa shape index (κ2) is 7.62. The number of benzene rings is 2. The minimum absolute atomic E-state index is 0.255. The second-order valence-corrected chi connectivity index (χ2v) is 5.64. The zero-order valence-electron chi connectivity index (χ0n) is 13.3. The maximum absolute atomic E-state index is 12.2. The standard InChI is InChI=1S/C18H12ClN3O4/c19-13-4-1-3-12(9-13)18(23)21-15-6-2-5-14(10-15)20-11-16-7-8-17(26-16)22(24)25/h1-11H,(H,21,23). The van der Waals surface area contributed by atoms with E-state index < -0.39 is 4.92 Å². The monoisotopic (exact) mass is 369 g/mol. The summed E-state index contributed by atoms with van der Waals surface area (Å²) in [5.74, 6) is -0.394. The van der Waals surface area contributed by atoms with Crippen molar-refractivity contribution in [2.24, 2.45) is 4.99 Å². The van der Waals surface area contributed by atoms with E-state index in [9.17, 15) is 14.9 Å². The number of carbonyl (C=O) groups is 1. The lowest BCUT2D eigenvalue weighted by Crippen LogP contribution is -2.11. The summed E-state index contributed by atoms with van der Waals surface area (Å²) in [6, 6.07) is 16.2. The molecule has 0 aliphatic heterocycles. The lowest BCUT2D eigenvalue weighted by molar-refractivity contribution is -0.402. The van der Waals surface area contributed by atoms with Crippen molar-refractivity contribution < 1.29 is 14.1 Å². The topological polar surface area (TPSA) is 97.7 Å². The van der Waals surface area contributed by atoms with Gasteiger partial charge in [-0.15, -0.1) is 0 Å². The van der Waals surface area contributed by atoms with E-state index in [2.05, 4.69) is 10.3 Å². The highest BCUT2D eigenvalue weighted by atomic mass is 35.5. The lowest BCUT2D eigenvalue weighted by Gasteiger charge is -2.06. The van der Waals surface area contributed by atoms with Crippen LogP contribution < -0.4 is 5.32 Å². The number of nitro groups is 1. The fourth-order valence-electron chi connectivity index (χ4n) is 2.14. The molecule has 1 N–H and O–H groups in total. The van der Waals surface area contributed by atoms with Crippen molar-refractivity contribution in [2.45, 2.75) is 0 Å². The molecule has 1 aromatic heterocycles. The zero-order chi connectivity index (χ0) is 18.5. The first-order chi connectivity index (χ1) is 12.5. The van der Waals surface area contributed by atoms with Crippen LogP contribution in [0.2, 0.25) is 5.02 Å². The van der Waals surface area contributed by atoms with E-state index in [1.54, 1.807) is 48.5 Å². The van der Waals surface area contributed by atoms with Gasteiger partial charge in [-0.25, -0.2) is 0 Å². The predicted molar refractivity (Wildman–Crippen MR) is 98.5 cm³/mol. The molecule has 26 heavy (non-hydrogen) atoms. The number of nitrogens with one attached hydrogen (secondary N) is 1. The number of hydrogen-bond acceptors (Lipinski definition) is 5. The van der Waals surface area contributed by atoms with Crippen molar-refractivity contribution in [3.63, 3.8) is 0 Å². The third-order valence-corrected chi connectivity index (χ3v) is 3.56. The summed E-state index contributed by atoms with van der Waals surface area (Å²) in [6.07, 6.45) is 1.37.